The van der Waals surface area contributed by atoms with Gasteiger partial charge in [0, 0.05) is 0 Å². The lowest BCUT2D eigenvalue weighted by Gasteiger charge is -2.16. The maximum atomic E-state index is 13.8. The molecule has 100 valence electrons. The summed E-state index contributed by atoms with van der Waals surface area (Å²) < 4.78 is 27.0. The third kappa shape index (κ3) is 1.61. The minimum absolute atomic E-state index is 0.116. The van der Waals surface area contributed by atoms with Crippen LogP contribution in [0.3, 0.4) is 0 Å². The van der Waals surface area contributed by atoms with Crippen LogP contribution >= 0.6 is 11.6 Å². The molecule has 7 heteroatoms. The van der Waals surface area contributed by atoms with Crippen molar-refractivity contribution in [2.75, 3.05) is 4.90 Å². The number of halogens is 3. The van der Waals surface area contributed by atoms with Crippen molar-refractivity contribution in [3.8, 4) is 0 Å². The molecule has 20 heavy (non-hydrogen) atoms. The van der Waals surface area contributed by atoms with Crippen LogP contribution in [-0.4, -0.2) is 16.8 Å². The Balaban J connectivity index is 2.22. The van der Waals surface area contributed by atoms with Crippen LogP contribution in [0.5, 0.6) is 0 Å². The second-order valence-electron chi connectivity index (χ2n) is 4.05. The number of benzene rings is 1. The van der Waals surface area contributed by atoms with Crippen LogP contribution in [-0.2, 0) is 0 Å². The molecule has 0 saturated heterocycles. The molecule has 3 rings (SSSR count). The highest BCUT2D eigenvalue weighted by Crippen LogP contribution is 2.35. The van der Waals surface area contributed by atoms with E-state index in [-0.39, 0.29) is 16.1 Å². The Kier molecular flexibility index (Phi) is 2.76. The highest BCUT2D eigenvalue weighted by molar-refractivity contribution is 6.39. The van der Waals surface area contributed by atoms with Crippen molar-refractivity contribution in [3.05, 3.63) is 58.4 Å². The van der Waals surface area contributed by atoms with Crippen LogP contribution < -0.4 is 4.90 Å². The summed E-state index contributed by atoms with van der Waals surface area (Å²) in [6, 6.07) is 6.00. The number of hydrogen-bond donors (Lipinski definition) is 0. The first-order valence-electron chi connectivity index (χ1n) is 5.49. The standard InChI is InChI=1S/C13H5ClF2N2O2/c14-8-5-17-11(16)9(15)10(8)18-12(19)6-3-1-2-4-7(6)13(18)20/h1-5H. The first-order chi connectivity index (χ1) is 9.52. The van der Waals surface area contributed by atoms with Gasteiger partial charge in [0.05, 0.1) is 22.3 Å². The number of anilines is 1. The van der Waals surface area contributed by atoms with Crippen molar-refractivity contribution in [1.29, 1.82) is 0 Å². The number of carbonyl (C=O) groups excluding carboxylic acids is 2. The third-order valence-corrected chi connectivity index (χ3v) is 3.20. The van der Waals surface area contributed by atoms with E-state index < -0.39 is 29.3 Å². The van der Waals surface area contributed by atoms with E-state index >= 15 is 0 Å². The van der Waals surface area contributed by atoms with Crippen LogP contribution in [0.25, 0.3) is 0 Å². The Labute approximate surface area is 116 Å². The summed E-state index contributed by atoms with van der Waals surface area (Å²) in [5.74, 6) is -4.37. The van der Waals surface area contributed by atoms with E-state index in [1.165, 1.54) is 12.1 Å². The van der Waals surface area contributed by atoms with Crippen molar-refractivity contribution in [1.82, 2.24) is 4.98 Å². The Morgan fingerprint density at radius 2 is 1.60 bits per heavy atom. The number of rotatable bonds is 1. The second-order valence-corrected chi connectivity index (χ2v) is 4.46. The summed E-state index contributed by atoms with van der Waals surface area (Å²) in [6.45, 7) is 0. The largest absolute Gasteiger partial charge is 0.268 e. The Morgan fingerprint density at radius 3 is 2.15 bits per heavy atom. The number of carbonyl (C=O) groups is 2. The number of hydrogen-bond acceptors (Lipinski definition) is 3. The second kappa shape index (κ2) is 4.35. The van der Waals surface area contributed by atoms with E-state index in [2.05, 4.69) is 4.98 Å². The zero-order valence-electron chi connectivity index (χ0n) is 9.73. The molecule has 0 N–H and O–H groups in total. The Morgan fingerprint density at radius 1 is 1.05 bits per heavy atom. The average Bonchev–Trinajstić information content (AvgIpc) is 2.69. The summed E-state index contributed by atoms with van der Waals surface area (Å²) >= 11 is 5.74. The van der Waals surface area contributed by atoms with Gasteiger partial charge in [0.2, 0.25) is 5.82 Å². The third-order valence-electron chi connectivity index (χ3n) is 2.92. The fraction of sp³-hybridized carbons (Fsp3) is 0. The average molecular weight is 295 g/mol. The summed E-state index contributed by atoms with van der Waals surface area (Å²) in [6.07, 6.45) is 0.846. The van der Waals surface area contributed by atoms with Gasteiger partial charge < -0.3 is 0 Å². The SMILES string of the molecule is O=C1c2ccccc2C(=O)N1c1c(Cl)cnc(F)c1F. The van der Waals surface area contributed by atoms with E-state index in [1.807, 2.05) is 0 Å². The molecule has 0 fully saturated rings. The number of pyridine rings is 1. The molecule has 0 unspecified atom stereocenters. The van der Waals surface area contributed by atoms with Crippen molar-refractivity contribution < 1.29 is 18.4 Å². The van der Waals surface area contributed by atoms with Gasteiger partial charge in [-0.2, -0.15) is 8.78 Å². The lowest BCUT2D eigenvalue weighted by molar-refractivity contribution is 0.0924. The first kappa shape index (κ1) is 12.7. The Bertz CT molecular complexity index is 729. The van der Waals surface area contributed by atoms with Gasteiger partial charge in [0.1, 0.15) is 5.69 Å². The number of amides is 2. The zero-order chi connectivity index (χ0) is 14.4. The molecule has 2 heterocycles. The maximum Gasteiger partial charge on any atom is 0.266 e. The van der Waals surface area contributed by atoms with Crippen LogP contribution in [0.1, 0.15) is 20.7 Å². The molecule has 0 bridgehead atoms. The van der Waals surface area contributed by atoms with Gasteiger partial charge in [-0.05, 0) is 12.1 Å². The monoisotopic (exact) mass is 294 g/mol. The molecule has 2 aromatic rings. The van der Waals surface area contributed by atoms with Crippen molar-refractivity contribution in [2.45, 2.75) is 0 Å². The minimum Gasteiger partial charge on any atom is -0.268 e. The van der Waals surface area contributed by atoms with Crippen LogP contribution in [0.15, 0.2) is 30.5 Å². The molecule has 0 spiro atoms. The molecule has 1 aliphatic heterocycles. The molecule has 0 atom stereocenters. The molecular formula is C13H5ClF2N2O2. The molecular weight excluding hydrogens is 290 g/mol. The van der Waals surface area contributed by atoms with E-state index in [4.69, 9.17) is 11.6 Å². The van der Waals surface area contributed by atoms with Gasteiger partial charge in [0.15, 0.2) is 0 Å². The van der Waals surface area contributed by atoms with Crippen LogP contribution in [0.4, 0.5) is 14.5 Å². The highest BCUT2D eigenvalue weighted by Gasteiger charge is 2.39. The number of fused-ring (bicyclic) bond motifs is 1. The Hall–Kier alpha value is -2.34. The fourth-order valence-corrected chi connectivity index (χ4v) is 2.25. The van der Waals surface area contributed by atoms with E-state index in [0.717, 1.165) is 6.20 Å². The van der Waals surface area contributed by atoms with Crippen molar-refractivity contribution in [2.24, 2.45) is 0 Å². The highest BCUT2D eigenvalue weighted by atomic mass is 35.5. The van der Waals surface area contributed by atoms with Crippen LogP contribution in [0, 0.1) is 11.8 Å². The molecule has 1 aromatic heterocycles. The van der Waals surface area contributed by atoms with Gasteiger partial charge >= 0.3 is 0 Å². The minimum atomic E-state index is -1.44. The number of aromatic nitrogens is 1. The summed E-state index contributed by atoms with van der Waals surface area (Å²) in [7, 11) is 0. The molecule has 0 saturated carbocycles. The molecule has 2 amide bonds. The van der Waals surface area contributed by atoms with Crippen molar-refractivity contribution >= 4 is 29.1 Å². The molecule has 0 aliphatic carbocycles. The predicted octanol–water partition coefficient (Wildman–Crippen LogP) is 2.81. The van der Waals surface area contributed by atoms with Crippen molar-refractivity contribution in [3.63, 3.8) is 0 Å². The fourth-order valence-electron chi connectivity index (χ4n) is 2.03. The molecule has 1 aliphatic rings. The lowest BCUT2D eigenvalue weighted by atomic mass is 10.1. The van der Waals surface area contributed by atoms with Crippen LogP contribution in [0.2, 0.25) is 5.02 Å². The smallest absolute Gasteiger partial charge is 0.266 e. The number of nitrogens with zero attached hydrogens (tertiary/aromatic N) is 2. The van der Waals surface area contributed by atoms with Gasteiger partial charge in [-0.15, -0.1) is 0 Å². The van der Waals surface area contributed by atoms with E-state index in [1.54, 1.807) is 12.1 Å². The summed E-state index contributed by atoms with van der Waals surface area (Å²) in [4.78, 5) is 27.9. The van der Waals surface area contributed by atoms with Gasteiger partial charge in [-0.3, -0.25) is 9.59 Å². The molecule has 1 aromatic carbocycles. The molecule has 4 nitrogen and oxygen atoms in total. The predicted molar refractivity (Wildman–Crippen MR) is 66.7 cm³/mol. The summed E-state index contributed by atoms with van der Waals surface area (Å²) in [5, 5.41) is -0.321. The molecule has 0 radical (unpaired) electrons. The number of imide groups is 1. The van der Waals surface area contributed by atoms with E-state index in [0.29, 0.717) is 4.90 Å². The van der Waals surface area contributed by atoms with Gasteiger partial charge in [-0.1, -0.05) is 23.7 Å². The zero-order valence-corrected chi connectivity index (χ0v) is 10.5. The normalized spacial score (nSPS) is 13.8. The maximum absolute atomic E-state index is 13.8. The quantitative estimate of drug-likeness (QED) is 0.600. The topological polar surface area (TPSA) is 50.3 Å². The lowest BCUT2D eigenvalue weighted by Crippen LogP contribution is -2.31. The first-order valence-corrected chi connectivity index (χ1v) is 5.87. The van der Waals surface area contributed by atoms with E-state index in [9.17, 15) is 18.4 Å². The summed E-state index contributed by atoms with van der Waals surface area (Å²) in [5.41, 5.74) is -0.388. The van der Waals surface area contributed by atoms with Gasteiger partial charge in [-0.25, -0.2) is 9.88 Å². The van der Waals surface area contributed by atoms with Gasteiger partial charge in [0.25, 0.3) is 17.8 Å².